The summed E-state index contributed by atoms with van der Waals surface area (Å²) in [5.41, 5.74) is -0.753. The van der Waals surface area contributed by atoms with E-state index >= 15 is 0 Å². The Kier molecular flexibility index (Phi) is 3.94. The molecule has 2 rings (SSSR count). The van der Waals surface area contributed by atoms with E-state index in [9.17, 15) is 19.7 Å². The molecule has 2 aromatic heterocycles. The van der Waals surface area contributed by atoms with E-state index in [1.165, 1.54) is 13.0 Å². The molecule has 0 saturated heterocycles. The maximum Gasteiger partial charge on any atom is 0.339 e. The van der Waals surface area contributed by atoms with E-state index in [-0.39, 0.29) is 33.8 Å². The standard InChI is InChI=1S/C12H9BrN2O6/c1-6-9(12(17)18)3-8(21-6)5-14-4-7(15(19)20)2-10(13)11(14)16/h2-4H,5H2,1H3,(H,17,18). The highest BCUT2D eigenvalue weighted by Crippen LogP contribution is 2.18. The third-order valence-corrected chi connectivity index (χ3v) is 3.33. The zero-order valence-corrected chi connectivity index (χ0v) is 12.3. The normalized spacial score (nSPS) is 10.6. The van der Waals surface area contributed by atoms with Gasteiger partial charge in [-0.3, -0.25) is 14.9 Å². The molecule has 0 atom stereocenters. The summed E-state index contributed by atoms with van der Waals surface area (Å²) in [4.78, 5) is 33.0. The van der Waals surface area contributed by atoms with E-state index in [1.807, 2.05) is 0 Å². The molecule has 0 saturated carbocycles. The van der Waals surface area contributed by atoms with Crippen molar-refractivity contribution < 1.29 is 19.2 Å². The van der Waals surface area contributed by atoms with Gasteiger partial charge in [0.1, 0.15) is 17.1 Å². The van der Waals surface area contributed by atoms with Crippen molar-refractivity contribution in [2.75, 3.05) is 0 Å². The molecular weight excluding hydrogens is 348 g/mol. The van der Waals surface area contributed by atoms with Gasteiger partial charge in [0.25, 0.3) is 11.2 Å². The number of aromatic carboxylic acids is 1. The Hall–Kier alpha value is -2.42. The van der Waals surface area contributed by atoms with Crippen molar-refractivity contribution in [3.63, 3.8) is 0 Å². The van der Waals surface area contributed by atoms with Crippen LogP contribution in [-0.2, 0) is 6.54 Å². The third-order valence-electron chi connectivity index (χ3n) is 2.76. The van der Waals surface area contributed by atoms with Crippen molar-refractivity contribution in [3.05, 3.63) is 60.4 Å². The SMILES string of the molecule is Cc1oc(Cn2cc([N+](=O)[O-])cc(Br)c2=O)cc1C(=O)O. The smallest absolute Gasteiger partial charge is 0.339 e. The molecular formula is C12H9BrN2O6. The van der Waals surface area contributed by atoms with Gasteiger partial charge in [0.15, 0.2) is 0 Å². The van der Waals surface area contributed by atoms with E-state index in [0.29, 0.717) is 0 Å². The zero-order valence-electron chi connectivity index (χ0n) is 10.7. The number of nitrogens with zero attached hydrogens (tertiary/aromatic N) is 2. The quantitative estimate of drug-likeness (QED) is 0.662. The maximum atomic E-state index is 11.9. The molecule has 0 aliphatic heterocycles. The number of nitro groups is 1. The molecule has 0 amide bonds. The van der Waals surface area contributed by atoms with Crippen molar-refractivity contribution in [2.45, 2.75) is 13.5 Å². The number of hydrogen-bond acceptors (Lipinski definition) is 5. The molecule has 2 heterocycles. The van der Waals surface area contributed by atoms with Crippen LogP contribution in [0.15, 0.2) is 32.0 Å². The number of aromatic nitrogens is 1. The molecule has 8 nitrogen and oxygen atoms in total. The summed E-state index contributed by atoms with van der Waals surface area (Å²) in [6, 6.07) is 2.39. The average Bonchev–Trinajstić information content (AvgIpc) is 2.75. The highest BCUT2D eigenvalue weighted by Gasteiger charge is 2.17. The van der Waals surface area contributed by atoms with Crippen LogP contribution in [0.3, 0.4) is 0 Å². The molecule has 9 heteroatoms. The van der Waals surface area contributed by atoms with Gasteiger partial charge in [-0.1, -0.05) is 0 Å². The number of halogens is 1. The number of rotatable bonds is 4. The van der Waals surface area contributed by atoms with Gasteiger partial charge in [0.05, 0.1) is 22.1 Å². The van der Waals surface area contributed by atoms with Gasteiger partial charge in [0, 0.05) is 6.07 Å². The molecule has 0 bridgehead atoms. The minimum atomic E-state index is -1.14. The second-order valence-electron chi connectivity index (χ2n) is 4.22. The van der Waals surface area contributed by atoms with Crippen molar-refractivity contribution in [1.82, 2.24) is 4.57 Å². The van der Waals surface area contributed by atoms with Crippen LogP contribution in [-0.4, -0.2) is 20.6 Å². The van der Waals surface area contributed by atoms with Gasteiger partial charge in [0.2, 0.25) is 0 Å². The van der Waals surface area contributed by atoms with Gasteiger partial charge in [-0.2, -0.15) is 0 Å². The predicted octanol–water partition coefficient (Wildman–Crippen LogP) is 2.17. The molecule has 21 heavy (non-hydrogen) atoms. The molecule has 0 aliphatic rings. The van der Waals surface area contributed by atoms with E-state index in [4.69, 9.17) is 9.52 Å². The van der Waals surface area contributed by atoms with Crippen molar-refractivity contribution in [3.8, 4) is 0 Å². The van der Waals surface area contributed by atoms with Crippen LogP contribution in [0.25, 0.3) is 0 Å². The van der Waals surface area contributed by atoms with Crippen LogP contribution in [0.4, 0.5) is 5.69 Å². The largest absolute Gasteiger partial charge is 0.478 e. The van der Waals surface area contributed by atoms with E-state index < -0.39 is 16.5 Å². The van der Waals surface area contributed by atoms with Crippen molar-refractivity contribution in [1.29, 1.82) is 0 Å². The Morgan fingerprint density at radius 3 is 2.71 bits per heavy atom. The Morgan fingerprint density at radius 1 is 1.52 bits per heavy atom. The van der Waals surface area contributed by atoms with Crippen LogP contribution >= 0.6 is 15.9 Å². The lowest BCUT2D eigenvalue weighted by Gasteiger charge is -2.04. The maximum absolute atomic E-state index is 11.9. The van der Waals surface area contributed by atoms with Crippen LogP contribution in [0.5, 0.6) is 0 Å². The number of aryl methyl sites for hydroxylation is 1. The first-order valence-corrected chi connectivity index (χ1v) is 6.46. The lowest BCUT2D eigenvalue weighted by Crippen LogP contribution is -2.21. The first kappa shape index (κ1) is 15.0. The first-order valence-electron chi connectivity index (χ1n) is 5.66. The van der Waals surface area contributed by atoms with Crippen LogP contribution in [0, 0.1) is 17.0 Å². The summed E-state index contributed by atoms with van der Waals surface area (Å²) in [7, 11) is 0. The second kappa shape index (κ2) is 5.52. The summed E-state index contributed by atoms with van der Waals surface area (Å²) in [6.45, 7) is 1.38. The fraction of sp³-hybridized carbons (Fsp3) is 0.167. The molecule has 0 spiro atoms. The van der Waals surface area contributed by atoms with E-state index in [0.717, 1.165) is 16.8 Å². The second-order valence-corrected chi connectivity index (χ2v) is 5.08. The van der Waals surface area contributed by atoms with Gasteiger partial charge in [-0.15, -0.1) is 0 Å². The van der Waals surface area contributed by atoms with Crippen molar-refractivity contribution >= 4 is 27.6 Å². The summed E-state index contributed by atoms with van der Waals surface area (Å²) < 4.78 is 6.37. The van der Waals surface area contributed by atoms with Gasteiger partial charge < -0.3 is 14.1 Å². The topological polar surface area (TPSA) is 116 Å². The minimum Gasteiger partial charge on any atom is -0.478 e. The van der Waals surface area contributed by atoms with Gasteiger partial charge in [-0.05, 0) is 28.9 Å². The number of carbonyl (C=O) groups is 1. The van der Waals surface area contributed by atoms with Crippen LogP contribution in [0.1, 0.15) is 21.9 Å². The predicted molar refractivity (Wildman–Crippen MR) is 74.6 cm³/mol. The molecule has 0 aliphatic carbocycles. The summed E-state index contributed by atoms with van der Waals surface area (Å²) in [6.07, 6.45) is 1.07. The number of pyridine rings is 1. The molecule has 110 valence electrons. The van der Waals surface area contributed by atoms with Gasteiger partial charge in [-0.25, -0.2) is 4.79 Å². The summed E-state index contributed by atoms with van der Waals surface area (Å²) in [5, 5.41) is 19.7. The number of carboxylic acid groups (broad SMARTS) is 1. The molecule has 0 radical (unpaired) electrons. The average molecular weight is 357 g/mol. The fourth-order valence-corrected chi connectivity index (χ4v) is 2.27. The zero-order chi connectivity index (χ0) is 15.7. The van der Waals surface area contributed by atoms with Crippen LogP contribution in [0.2, 0.25) is 0 Å². The number of hydrogen-bond donors (Lipinski definition) is 1. The van der Waals surface area contributed by atoms with Gasteiger partial charge >= 0.3 is 5.97 Å². The highest BCUT2D eigenvalue weighted by molar-refractivity contribution is 9.10. The van der Waals surface area contributed by atoms with E-state index in [1.54, 1.807) is 0 Å². The Balaban J connectivity index is 2.44. The van der Waals surface area contributed by atoms with E-state index in [2.05, 4.69) is 15.9 Å². The highest BCUT2D eigenvalue weighted by atomic mass is 79.9. The molecule has 0 unspecified atom stereocenters. The number of carboxylic acids is 1. The minimum absolute atomic E-state index is 0.0115. The number of furan rings is 1. The monoisotopic (exact) mass is 356 g/mol. The third kappa shape index (κ3) is 3.02. The molecule has 1 N–H and O–H groups in total. The van der Waals surface area contributed by atoms with Crippen molar-refractivity contribution in [2.24, 2.45) is 0 Å². The first-order chi connectivity index (χ1) is 9.79. The lowest BCUT2D eigenvalue weighted by molar-refractivity contribution is -0.385. The van der Waals surface area contributed by atoms with Crippen LogP contribution < -0.4 is 5.56 Å². The fourth-order valence-electron chi connectivity index (χ4n) is 1.80. The molecule has 0 fully saturated rings. The summed E-state index contributed by atoms with van der Waals surface area (Å²) >= 11 is 2.96. The summed E-state index contributed by atoms with van der Waals surface area (Å²) in [5.74, 6) is -0.718. The Labute approximate surface area is 125 Å². The lowest BCUT2D eigenvalue weighted by atomic mass is 10.2. The molecule has 0 aromatic carbocycles. The Morgan fingerprint density at radius 2 is 2.19 bits per heavy atom. The Bertz CT molecular complexity index is 792. The molecule has 2 aromatic rings.